The highest BCUT2D eigenvalue weighted by molar-refractivity contribution is 7.13. The Morgan fingerprint density at radius 2 is 2.14 bits per heavy atom. The number of nitriles is 1. The normalized spacial score (nSPS) is 11.2. The lowest BCUT2D eigenvalue weighted by molar-refractivity contribution is -0.117. The van der Waals surface area contributed by atoms with Crippen LogP contribution in [0.25, 0.3) is 16.6 Å². The van der Waals surface area contributed by atoms with Gasteiger partial charge in [0.1, 0.15) is 17.3 Å². The molecular formula is C21H20N4O2S. The number of hydrogen-bond acceptors (Lipinski definition) is 5. The smallest absolute Gasteiger partial charge is 0.262 e. The first-order chi connectivity index (χ1) is 13.7. The molecule has 1 N–H and O–H groups in total. The fourth-order valence-electron chi connectivity index (χ4n) is 2.66. The van der Waals surface area contributed by atoms with E-state index in [-0.39, 0.29) is 5.57 Å². The number of thiophene rings is 1. The zero-order chi connectivity index (χ0) is 19.8. The number of carbonyl (C=O) groups excluding carboxylic acids is 1. The lowest BCUT2D eigenvalue weighted by atomic mass is 10.1. The first-order valence-corrected chi connectivity index (χ1v) is 9.63. The fraction of sp³-hybridized carbons (Fsp3) is 0.190. The van der Waals surface area contributed by atoms with Gasteiger partial charge < -0.3 is 10.1 Å². The van der Waals surface area contributed by atoms with Gasteiger partial charge in [0.25, 0.3) is 5.91 Å². The van der Waals surface area contributed by atoms with Gasteiger partial charge in [-0.1, -0.05) is 36.4 Å². The molecule has 0 saturated carbocycles. The minimum atomic E-state index is -0.424. The molecule has 28 heavy (non-hydrogen) atoms. The standard InChI is InChI=1S/C21H20N4O2S/c1-27-10-9-23-21(26)17(13-22)12-18-15-25(14-16-6-3-2-4-7-16)24-20(18)19-8-5-11-28-19/h2-8,11-12,15H,9-10,14H2,1H3,(H,23,26)/b17-12+. The molecule has 1 aromatic carbocycles. The second kappa shape index (κ2) is 9.65. The fourth-order valence-corrected chi connectivity index (χ4v) is 3.40. The number of rotatable bonds is 8. The number of benzene rings is 1. The van der Waals surface area contributed by atoms with E-state index in [0.29, 0.717) is 19.7 Å². The Bertz CT molecular complexity index is 985. The molecule has 0 unspecified atom stereocenters. The Balaban J connectivity index is 1.91. The van der Waals surface area contributed by atoms with Crippen LogP contribution in [0.4, 0.5) is 0 Å². The molecule has 3 aromatic rings. The minimum Gasteiger partial charge on any atom is -0.383 e. The van der Waals surface area contributed by atoms with E-state index in [9.17, 15) is 10.1 Å². The summed E-state index contributed by atoms with van der Waals surface area (Å²) in [5, 5.41) is 18.8. The lowest BCUT2D eigenvalue weighted by Gasteiger charge is -2.03. The summed E-state index contributed by atoms with van der Waals surface area (Å²) in [5.74, 6) is -0.424. The van der Waals surface area contributed by atoms with Crippen LogP contribution in [0.1, 0.15) is 11.1 Å². The molecule has 0 spiro atoms. The zero-order valence-electron chi connectivity index (χ0n) is 15.5. The number of methoxy groups -OCH3 is 1. The molecule has 0 aliphatic rings. The van der Waals surface area contributed by atoms with E-state index in [2.05, 4.69) is 5.32 Å². The summed E-state index contributed by atoms with van der Waals surface area (Å²) in [6.45, 7) is 1.34. The van der Waals surface area contributed by atoms with Gasteiger partial charge in [-0.2, -0.15) is 10.4 Å². The van der Waals surface area contributed by atoms with Gasteiger partial charge >= 0.3 is 0 Å². The van der Waals surface area contributed by atoms with Gasteiger partial charge in [0.2, 0.25) is 0 Å². The second-order valence-electron chi connectivity index (χ2n) is 6.01. The van der Waals surface area contributed by atoms with Crippen molar-refractivity contribution in [1.82, 2.24) is 15.1 Å². The number of aromatic nitrogens is 2. The number of ether oxygens (including phenoxy) is 1. The number of hydrogen-bond donors (Lipinski definition) is 1. The summed E-state index contributed by atoms with van der Waals surface area (Å²) in [4.78, 5) is 13.2. The highest BCUT2D eigenvalue weighted by Crippen LogP contribution is 2.28. The third kappa shape index (κ3) is 4.94. The SMILES string of the molecule is COCCNC(=O)/C(C#N)=C/c1cn(Cc2ccccc2)nc1-c1cccs1. The molecule has 6 nitrogen and oxygen atoms in total. The predicted octanol–water partition coefficient (Wildman–Crippen LogP) is 3.33. The molecule has 0 fully saturated rings. The molecule has 7 heteroatoms. The van der Waals surface area contributed by atoms with E-state index in [1.807, 2.05) is 64.8 Å². The van der Waals surface area contributed by atoms with E-state index < -0.39 is 5.91 Å². The first kappa shape index (κ1) is 19.5. The van der Waals surface area contributed by atoms with Crippen molar-refractivity contribution in [2.24, 2.45) is 0 Å². The van der Waals surface area contributed by atoms with Crippen LogP contribution in [0.5, 0.6) is 0 Å². The summed E-state index contributed by atoms with van der Waals surface area (Å²) < 4.78 is 6.75. The summed E-state index contributed by atoms with van der Waals surface area (Å²) in [5.41, 5.74) is 2.64. The largest absolute Gasteiger partial charge is 0.383 e. The lowest BCUT2D eigenvalue weighted by Crippen LogP contribution is -2.27. The Morgan fingerprint density at radius 1 is 1.32 bits per heavy atom. The third-order valence-corrected chi connectivity index (χ3v) is 4.87. The number of nitrogens with zero attached hydrogens (tertiary/aromatic N) is 3. The van der Waals surface area contributed by atoms with Crippen molar-refractivity contribution in [3.63, 3.8) is 0 Å². The van der Waals surface area contributed by atoms with Gasteiger partial charge in [-0.3, -0.25) is 9.48 Å². The average molecular weight is 392 g/mol. The van der Waals surface area contributed by atoms with Gasteiger partial charge in [-0.15, -0.1) is 11.3 Å². The molecule has 1 amide bonds. The summed E-state index contributed by atoms with van der Waals surface area (Å²) in [6, 6.07) is 15.9. The summed E-state index contributed by atoms with van der Waals surface area (Å²) in [6.07, 6.45) is 3.45. The van der Waals surface area contributed by atoms with E-state index in [1.54, 1.807) is 24.5 Å². The molecule has 0 aliphatic carbocycles. The monoisotopic (exact) mass is 392 g/mol. The van der Waals surface area contributed by atoms with Crippen molar-refractivity contribution in [3.05, 3.63) is 70.7 Å². The maximum Gasteiger partial charge on any atom is 0.262 e. The first-order valence-electron chi connectivity index (χ1n) is 8.75. The molecule has 2 heterocycles. The van der Waals surface area contributed by atoms with E-state index in [1.165, 1.54) is 0 Å². The maximum atomic E-state index is 12.3. The third-order valence-electron chi connectivity index (χ3n) is 3.99. The number of amides is 1. The van der Waals surface area contributed by atoms with E-state index >= 15 is 0 Å². The van der Waals surface area contributed by atoms with Crippen LogP contribution in [0, 0.1) is 11.3 Å². The van der Waals surface area contributed by atoms with Crippen molar-refractivity contribution in [2.75, 3.05) is 20.3 Å². The van der Waals surface area contributed by atoms with E-state index in [0.717, 1.165) is 21.7 Å². The Labute approximate surface area is 167 Å². The van der Waals surface area contributed by atoms with E-state index in [4.69, 9.17) is 9.84 Å². The quantitative estimate of drug-likeness (QED) is 0.362. The van der Waals surface area contributed by atoms with Crippen molar-refractivity contribution in [1.29, 1.82) is 5.26 Å². The Morgan fingerprint density at radius 3 is 2.82 bits per heavy atom. The van der Waals surface area contributed by atoms with Crippen LogP contribution in [-0.2, 0) is 16.1 Å². The van der Waals surface area contributed by atoms with Gasteiger partial charge in [-0.05, 0) is 23.1 Å². The molecular weight excluding hydrogens is 372 g/mol. The van der Waals surface area contributed by atoms with Crippen molar-refractivity contribution < 1.29 is 9.53 Å². The topological polar surface area (TPSA) is 79.9 Å². The van der Waals surface area contributed by atoms with Crippen LogP contribution < -0.4 is 5.32 Å². The van der Waals surface area contributed by atoms with Gasteiger partial charge in [-0.25, -0.2) is 0 Å². The van der Waals surface area contributed by atoms with Crippen LogP contribution >= 0.6 is 11.3 Å². The van der Waals surface area contributed by atoms with Gasteiger partial charge in [0.05, 0.1) is 18.0 Å². The minimum absolute atomic E-state index is 0.0353. The molecule has 0 saturated heterocycles. The summed E-state index contributed by atoms with van der Waals surface area (Å²) >= 11 is 1.56. The second-order valence-corrected chi connectivity index (χ2v) is 6.96. The van der Waals surface area contributed by atoms with Crippen LogP contribution in [0.2, 0.25) is 0 Å². The van der Waals surface area contributed by atoms with Crippen molar-refractivity contribution in [3.8, 4) is 16.6 Å². The predicted molar refractivity (Wildman–Crippen MR) is 110 cm³/mol. The maximum absolute atomic E-state index is 12.3. The molecule has 0 atom stereocenters. The van der Waals surface area contributed by atoms with Crippen molar-refractivity contribution >= 4 is 23.3 Å². The average Bonchev–Trinajstić information content (AvgIpc) is 3.36. The molecule has 3 rings (SSSR count). The molecule has 0 bridgehead atoms. The van der Waals surface area contributed by atoms with Gasteiger partial charge in [0, 0.05) is 25.4 Å². The van der Waals surface area contributed by atoms with Crippen LogP contribution in [-0.4, -0.2) is 35.9 Å². The van der Waals surface area contributed by atoms with Gasteiger partial charge in [0.15, 0.2) is 0 Å². The zero-order valence-corrected chi connectivity index (χ0v) is 16.3. The van der Waals surface area contributed by atoms with Crippen molar-refractivity contribution in [2.45, 2.75) is 6.54 Å². The highest BCUT2D eigenvalue weighted by Gasteiger charge is 2.15. The highest BCUT2D eigenvalue weighted by atomic mass is 32.1. The molecule has 2 aromatic heterocycles. The van der Waals surface area contributed by atoms with Crippen LogP contribution in [0.15, 0.2) is 59.6 Å². The Hall–Kier alpha value is -3.21. The summed E-state index contributed by atoms with van der Waals surface area (Å²) in [7, 11) is 1.56. The number of nitrogens with one attached hydrogen (secondary N) is 1. The molecule has 142 valence electrons. The number of carbonyl (C=O) groups is 1. The molecule has 0 radical (unpaired) electrons. The van der Waals surface area contributed by atoms with Crippen LogP contribution in [0.3, 0.4) is 0 Å². The molecule has 0 aliphatic heterocycles. The Kier molecular flexibility index (Phi) is 6.73.